The van der Waals surface area contributed by atoms with Crippen molar-refractivity contribution in [2.24, 2.45) is 0 Å². The first-order valence-corrected chi connectivity index (χ1v) is 5.49. The monoisotopic (exact) mass is 226 g/mol. The highest BCUT2D eigenvalue weighted by molar-refractivity contribution is 5.96. The molecule has 0 saturated heterocycles. The number of rotatable bonds is 2. The van der Waals surface area contributed by atoms with Crippen molar-refractivity contribution in [2.75, 3.05) is 0 Å². The molecule has 2 rings (SSSR count). The Kier molecular flexibility index (Phi) is 2.96. The van der Waals surface area contributed by atoms with Gasteiger partial charge in [0.25, 0.3) is 0 Å². The molecular weight excluding hydrogens is 212 g/mol. The van der Waals surface area contributed by atoms with Gasteiger partial charge < -0.3 is 5.11 Å². The first-order valence-electron chi connectivity index (χ1n) is 5.49. The van der Waals surface area contributed by atoms with E-state index in [9.17, 15) is 4.79 Å². The summed E-state index contributed by atoms with van der Waals surface area (Å²) in [4.78, 5) is 10.9. The van der Waals surface area contributed by atoms with Crippen LogP contribution in [0.5, 0.6) is 0 Å². The standard InChI is InChI=1S/C15H14O2/c1-10(11(2)15(16)17)13-8-7-12-5-3-4-6-14(12)9-13/h3-9H,1-2H3,(H,16,17)/b11-10-. The van der Waals surface area contributed by atoms with Gasteiger partial charge in [0.1, 0.15) is 0 Å². The molecule has 0 bridgehead atoms. The van der Waals surface area contributed by atoms with E-state index in [1.807, 2.05) is 49.4 Å². The Bertz CT molecular complexity index is 609. The Hall–Kier alpha value is -2.09. The maximum Gasteiger partial charge on any atom is 0.331 e. The maximum absolute atomic E-state index is 10.9. The predicted octanol–water partition coefficient (Wildman–Crippen LogP) is 3.72. The minimum atomic E-state index is -0.865. The summed E-state index contributed by atoms with van der Waals surface area (Å²) in [5.74, 6) is -0.865. The Balaban J connectivity index is 2.57. The number of hydrogen-bond donors (Lipinski definition) is 1. The highest BCUT2D eigenvalue weighted by Gasteiger charge is 2.07. The highest BCUT2D eigenvalue weighted by Crippen LogP contribution is 2.23. The molecule has 0 spiro atoms. The number of carboxylic acids is 1. The zero-order valence-corrected chi connectivity index (χ0v) is 9.90. The molecule has 2 aromatic rings. The van der Waals surface area contributed by atoms with Crippen molar-refractivity contribution >= 4 is 22.3 Å². The quantitative estimate of drug-likeness (QED) is 0.792. The molecule has 0 amide bonds. The third kappa shape index (κ3) is 2.21. The van der Waals surface area contributed by atoms with Crippen molar-refractivity contribution in [2.45, 2.75) is 13.8 Å². The second-order valence-electron chi connectivity index (χ2n) is 4.12. The molecule has 17 heavy (non-hydrogen) atoms. The van der Waals surface area contributed by atoms with Crippen molar-refractivity contribution in [3.8, 4) is 0 Å². The molecule has 0 heterocycles. The zero-order valence-electron chi connectivity index (χ0n) is 9.90. The van der Waals surface area contributed by atoms with Crippen molar-refractivity contribution in [3.05, 3.63) is 53.6 Å². The molecule has 1 N–H and O–H groups in total. The van der Waals surface area contributed by atoms with Crippen molar-refractivity contribution in [1.29, 1.82) is 0 Å². The molecule has 0 radical (unpaired) electrons. The Morgan fingerprint density at radius 2 is 1.65 bits per heavy atom. The van der Waals surface area contributed by atoms with Crippen LogP contribution in [-0.2, 0) is 4.79 Å². The summed E-state index contributed by atoms with van der Waals surface area (Å²) in [6, 6.07) is 14.1. The Morgan fingerprint density at radius 3 is 2.29 bits per heavy atom. The van der Waals surface area contributed by atoms with E-state index >= 15 is 0 Å². The van der Waals surface area contributed by atoms with Crippen LogP contribution in [0.15, 0.2) is 48.0 Å². The summed E-state index contributed by atoms with van der Waals surface area (Å²) in [5.41, 5.74) is 2.16. The molecule has 2 aromatic carbocycles. The van der Waals surface area contributed by atoms with E-state index in [0.717, 1.165) is 21.9 Å². The fourth-order valence-corrected chi connectivity index (χ4v) is 1.80. The fourth-order valence-electron chi connectivity index (χ4n) is 1.80. The minimum Gasteiger partial charge on any atom is -0.478 e. The molecule has 0 aliphatic rings. The lowest BCUT2D eigenvalue weighted by Gasteiger charge is -2.06. The molecule has 0 aromatic heterocycles. The largest absolute Gasteiger partial charge is 0.478 e. The maximum atomic E-state index is 10.9. The van der Waals surface area contributed by atoms with E-state index < -0.39 is 5.97 Å². The van der Waals surface area contributed by atoms with Gasteiger partial charge in [-0.2, -0.15) is 0 Å². The van der Waals surface area contributed by atoms with E-state index in [-0.39, 0.29) is 0 Å². The van der Waals surface area contributed by atoms with E-state index in [4.69, 9.17) is 5.11 Å². The lowest BCUT2D eigenvalue weighted by atomic mass is 9.99. The summed E-state index contributed by atoms with van der Waals surface area (Å²) in [7, 11) is 0. The van der Waals surface area contributed by atoms with Crippen LogP contribution in [0.3, 0.4) is 0 Å². The molecule has 0 aliphatic carbocycles. The second-order valence-corrected chi connectivity index (χ2v) is 4.12. The van der Waals surface area contributed by atoms with Gasteiger partial charge in [-0.25, -0.2) is 4.79 Å². The fraction of sp³-hybridized carbons (Fsp3) is 0.133. The van der Waals surface area contributed by atoms with Crippen LogP contribution < -0.4 is 0 Å². The third-order valence-corrected chi connectivity index (χ3v) is 3.07. The SMILES string of the molecule is C/C(C(=O)O)=C(\C)c1ccc2ccccc2c1. The van der Waals surface area contributed by atoms with Gasteiger partial charge in [0.05, 0.1) is 0 Å². The minimum absolute atomic E-state index is 0.389. The van der Waals surface area contributed by atoms with Crippen LogP contribution in [0.2, 0.25) is 0 Å². The average molecular weight is 226 g/mol. The molecule has 0 aliphatic heterocycles. The van der Waals surface area contributed by atoms with Crippen molar-refractivity contribution in [3.63, 3.8) is 0 Å². The number of carboxylic acid groups (broad SMARTS) is 1. The Morgan fingerprint density at radius 1 is 1.00 bits per heavy atom. The molecule has 2 nitrogen and oxygen atoms in total. The molecular formula is C15H14O2. The predicted molar refractivity (Wildman–Crippen MR) is 69.9 cm³/mol. The lowest BCUT2D eigenvalue weighted by molar-refractivity contribution is -0.132. The second kappa shape index (κ2) is 4.42. The third-order valence-electron chi connectivity index (χ3n) is 3.07. The van der Waals surface area contributed by atoms with Gasteiger partial charge in [-0.1, -0.05) is 36.4 Å². The number of benzene rings is 2. The summed E-state index contributed by atoms with van der Waals surface area (Å²) in [5, 5.41) is 11.3. The number of carbonyl (C=O) groups is 1. The molecule has 0 saturated carbocycles. The lowest BCUT2D eigenvalue weighted by Crippen LogP contribution is -1.99. The first-order chi connectivity index (χ1) is 8.09. The Labute approximate surface area is 100 Å². The van der Waals surface area contributed by atoms with Crippen molar-refractivity contribution < 1.29 is 9.90 Å². The van der Waals surface area contributed by atoms with Crippen LogP contribution in [0, 0.1) is 0 Å². The van der Waals surface area contributed by atoms with E-state index in [2.05, 4.69) is 0 Å². The molecule has 0 unspecified atom stereocenters. The first kappa shape index (κ1) is 11.4. The van der Waals surface area contributed by atoms with Gasteiger partial charge in [0, 0.05) is 5.57 Å². The van der Waals surface area contributed by atoms with Crippen molar-refractivity contribution in [1.82, 2.24) is 0 Å². The normalized spacial score (nSPS) is 12.4. The molecule has 0 fully saturated rings. The van der Waals surface area contributed by atoms with Gasteiger partial charge in [-0.15, -0.1) is 0 Å². The van der Waals surface area contributed by atoms with Gasteiger partial charge in [-0.3, -0.25) is 0 Å². The van der Waals surface area contributed by atoms with Gasteiger partial charge in [-0.05, 0) is 41.8 Å². The smallest absolute Gasteiger partial charge is 0.331 e. The van der Waals surface area contributed by atoms with Gasteiger partial charge in [0.2, 0.25) is 0 Å². The number of allylic oxidation sites excluding steroid dienone is 1. The zero-order chi connectivity index (χ0) is 12.4. The van der Waals surface area contributed by atoms with Crippen LogP contribution >= 0.6 is 0 Å². The number of hydrogen-bond acceptors (Lipinski definition) is 1. The highest BCUT2D eigenvalue weighted by atomic mass is 16.4. The topological polar surface area (TPSA) is 37.3 Å². The number of fused-ring (bicyclic) bond motifs is 1. The summed E-state index contributed by atoms with van der Waals surface area (Å²) in [6.07, 6.45) is 0. The summed E-state index contributed by atoms with van der Waals surface area (Å²) in [6.45, 7) is 3.47. The van der Waals surface area contributed by atoms with Crippen LogP contribution in [0.25, 0.3) is 16.3 Å². The van der Waals surface area contributed by atoms with Gasteiger partial charge >= 0.3 is 5.97 Å². The van der Waals surface area contributed by atoms with E-state index in [1.54, 1.807) is 6.92 Å². The van der Waals surface area contributed by atoms with Crippen LogP contribution in [0.1, 0.15) is 19.4 Å². The van der Waals surface area contributed by atoms with Gasteiger partial charge in [0.15, 0.2) is 0 Å². The molecule has 86 valence electrons. The van der Waals surface area contributed by atoms with Crippen LogP contribution in [0.4, 0.5) is 0 Å². The number of aliphatic carboxylic acids is 1. The molecule has 0 atom stereocenters. The summed E-state index contributed by atoms with van der Waals surface area (Å²) < 4.78 is 0. The molecule has 2 heteroatoms. The summed E-state index contributed by atoms with van der Waals surface area (Å²) >= 11 is 0. The average Bonchev–Trinajstić information content (AvgIpc) is 2.36. The van der Waals surface area contributed by atoms with Crippen LogP contribution in [-0.4, -0.2) is 11.1 Å². The van der Waals surface area contributed by atoms with E-state index in [1.165, 1.54) is 0 Å². The van der Waals surface area contributed by atoms with E-state index in [0.29, 0.717) is 5.57 Å².